The molecule has 8 nitrogen and oxygen atoms in total. The molecule has 1 atom stereocenters. The fourth-order valence-electron chi connectivity index (χ4n) is 3.59. The summed E-state index contributed by atoms with van der Waals surface area (Å²) in [5, 5.41) is 5.40. The molecule has 2 amide bonds. The first-order valence-corrected chi connectivity index (χ1v) is 10.8. The number of carbonyl (C=O) groups is 2. The largest absolute Gasteiger partial charge is 0.330 e. The Labute approximate surface area is 181 Å². The van der Waals surface area contributed by atoms with Gasteiger partial charge in [0.05, 0.1) is 18.0 Å². The number of nitrogens with one attached hydrogen (secondary N) is 3. The molecule has 9 heteroatoms. The molecule has 3 aromatic rings. The first kappa shape index (κ1) is 20.7. The first-order valence-electron chi connectivity index (χ1n) is 9.62. The van der Waals surface area contributed by atoms with Gasteiger partial charge in [0.1, 0.15) is 5.82 Å². The number of fused-ring (bicyclic) bond motifs is 1. The highest BCUT2D eigenvalue weighted by Gasteiger charge is 2.35. The Morgan fingerprint density at radius 2 is 1.90 bits per heavy atom. The van der Waals surface area contributed by atoms with E-state index >= 15 is 0 Å². The standard InChI is InChI=1S/C22H20N4O4S/c1-31-15-9-5-8-14(10-15)23-20(28)16-11-17(27)24-19-18(16)21(29)25-22(30)26(19)12-13-6-3-2-4-7-13/h2-10,16H,11-12H2,1H3,(H,23,28)(H,24,27)(H,25,29,30)/t16-/m1/s1. The number of benzene rings is 2. The molecule has 3 N–H and O–H groups in total. The number of aromatic amines is 1. The number of nitrogens with zero attached hydrogens (tertiary/aromatic N) is 1. The molecule has 2 aromatic carbocycles. The van der Waals surface area contributed by atoms with Gasteiger partial charge in [-0.05, 0) is 30.0 Å². The van der Waals surface area contributed by atoms with Gasteiger partial charge in [-0.2, -0.15) is 0 Å². The van der Waals surface area contributed by atoms with Crippen LogP contribution in [-0.4, -0.2) is 27.6 Å². The predicted octanol–water partition coefficient (Wildman–Crippen LogP) is 2.37. The quantitative estimate of drug-likeness (QED) is 0.532. The van der Waals surface area contributed by atoms with Crippen LogP contribution in [0.25, 0.3) is 0 Å². The highest BCUT2D eigenvalue weighted by atomic mass is 32.2. The molecule has 0 saturated heterocycles. The Balaban J connectivity index is 1.74. The molecular weight excluding hydrogens is 416 g/mol. The minimum Gasteiger partial charge on any atom is -0.326 e. The van der Waals surface area contributed by atoms with Gasteiger partial charge < -0.3 is 10.6 Å². The van der Waals surface area contributed by atoms with Crippen molar-refractivity contribution < 1.29 is 9.59 Å². The van der Waals surface area contributed by atoms with Crippen LogP contribution in [0.4, 0.5) is 11.5 Å². The third-order valence-corrected chi connectivity index (χ3v) is 5.79. The molecule has 1 aromatic heterocycles. The van der Waals surface area contributed by atoms with E-state index in [2.05, 4.69) is 15.6 Å². The van der Waals surface area contributed by atoms with Crippen molar-refractivity contribution in [1.82, 2.24) is 9.55 Å². The lowest BCUT2D eigenvalue weighted by Crippen LogP contribution is -2.42. The van der Waals surface area contributed by atoms with Crippen molar-refractivity contribution in [2.75, 3.05) is 16.9 Å². The maximum absolute atomic E-state index is 13.0. The van der Waals surface area contributed by atoms with Gasteiger partial charge in [-0.25, -0.2) is 4.79 Å². The van der Waals surface area contributed by atoms with Crippen LogP contribution >= 0.6 is 11.8 Å². The van der Waals surface area contributed by atoms with Gasteiger partial charge in [0, 0.05) is 17.0 Å². The zero-order valence-corrected chi connectivity index (χ0v) is 17.5. The zero-order valence-electron chi connectivity index (χ0n) is 16.7. The minimum atomic E-state index is -1.02. The van der Waals surface area contributed by atoms with E-state index in [1.807, 2.05) is 54.8 Å². The summed E-state index contributed by atoms with van der Waals surface area (Å²) < 4.78 is 1.28. The normalized spacial score (nSPS) is 15.1. The third kappa shape index (κ3) is 4.31. The van der Waals surface area contributed by atoms with Gasteiger partial charge >= 0.3 is 5.69 Å². The number of hydrogen-bond donors (Lipinski definition) is 3. The SMILES string of the molecule is CSc1cccc(NC(=O)[C@@H]2CC(=O)Nc3c2c(=O)[nH]c(=O)n3Cc2ccccc2)c1. The van der Waals surface area contributed by atoms with Gasteiger partial charge in [0.25, 0.3) is 5.56 Å². The van der Waals surface area contributed by atoms with Gasteiger partial charge in [0.15, 0.2) is 0 Å². The maximum atomic E-state index is 13.0. The van der Waals surface area contributed by atoms with Crippen LogP contribution in [-0.2, 0) is 16.1 Å². The lowest BCUT2D eigenvalue weighted by Gasteiger charge is -2.26. The van der Waals surface area contributed by atoms with Crippen LogP contribution in [0.1, 0.15) is 23.5 Å². The third-order valence-electron chi connectivity index (χ3n) is 5.07. The van der Waals surface area contributed by atoms with Crippen LogP contribution in [0.5, 0.6) is 0 Å². The molecule has 0 aliphatic carbocycles. The summed E-state index contributed by atoms with van der Waals surface area (Å²) in [6.07, 6.45) is 1.74. The second kappa shape index (κ2) is 8.65. The molecule has 1 aliphatic heterocycles. The summed E-state index contributed by atoms with van der Waals surface area (Å²) in [5.74, 6) is -1.87. The van der Waals surface area contributed by atoms with Crippen LogP contribution in [0.15, 0.2) is 69.1 Å². The summed E-state index contributed by atoms with van der Waals surface area (Å²) in [5.41, 5.74) is 0.129. The summed E-state index contributed by atoms with van der Waals surface area (Å²) in [6, 6.07) is 16.4. The van der Waals surface area contributed by atoms with Gasteiger partial charge in [0.2, 0.25) is 11.8 Å². The lowest BCUT2D eigenvalue weighted by molar-refractivity contribution is -0.123. The molecule has 2 heterocycles. The van der Waals surface area contributed by atoms with E-state index in [4.69, 9.17) is 0 Å². The van der Waals surface area contributed by atoms with Crippen molar-refractivity contribution >= 4 is 35.1 Å². The molecule has 4 rings (SSSR count). The Morgan fingerprint density at radius 1 is 1.13 bits per heavy atom. The number of anilines is 2. The molecule has 0 fully saturated rings. The number of rotatable bonds is 5. The van der Waals surface area contributed by atoms with E-state index in [1.165, 1.54) is 16.3 Å². The molecular formula is C22H20N4O4S. The number of H-pyrrole nitrogens is 1. The van der Waals surface area contributed by atoms with Crippen LogP contribution in [0.3, 0.4) is 0 Å². The fraction of sp³-hybridized carbons (Fsp3) is 0.182. The van der Waals surface area contributed by atoms with Crippen LogP contribution in [0, 0.1) is 0 Å². The molecule has 0 spiro atoms. The molecule has 158 valence electrons. The van der Waals surface area contributed by atoms with Crippen molar-refractivity contribution in [2.24, 2.45) is 0 Å². The highest BCUT2D eigenvalue weighted by molar-refractivity contribution is 7.98. The van der Waals surface area contributed by atoms with E-state index < -0.39 is 29.0 Å². The second-order valence-electron chi connectivity index (χ2n) is 7.12. The van der Waals surface area contributed by atoms with Crippen molar-refractivity contribution in [3.05, 3.63) is 86.6 Å². The van der Waals surface area contributed by atoms with Gasteiger partial charge in [-0.3, -0.25) is 23.9 Å². The second-order valence-corrected chi connectivity index (χ2v) is 8.00. The Kier molecular flexibility index (Phi) is 5.77. The van der Waals surface area contributed by atoms with Crippen LogP contribution in [0.2, 0.25) is 0 Å². The predicted molar refractivity (Wildman–Crippen MR) is 120 cm³/mol. The van der Waals surface area contributed by atoms with Crippen molar-refractivity contribution in [3.63, 3.8) is 0 Å². The summed E-state index contributed by atoms with van der Waals surface area (Å²) >= 11 is 1.53. The van der Waals surface area contributed by atoms with E-state index in [0.29, 0.717) is 5.69 Å². The van der Waals surface area contributed by atoms with E-state index in [1.54, 1.807) is 6.07 Å². The topological polar surface area (TPSA) is 113 Å². The van der Waals surface area contributed by atoms with Crippen molar-refractivity contribution in [3.8, 4) is 0 Å². The Hall–Kier alpha value is -3.59. The van der Waals surface area contributed by atoms with Crippen molar-refractivity contribution in [1.29, 1.82) is 0 Å². The Bertz CT molecular complexity index is 1270. The summed E-state index contributed by atoms with van der Waals surface area (Å²) in [4.78, 5) is 53.9. The van der Waals surface area contributed by atoms with Crippen molar-refractivity contribution in [2.45, 2.75) is 23.8 Å². The zero-order chi connectivity index (χ0) is 22.0. The number of thioether (sulfide) groups is 1. The van der Waals surface area contributed by atoms with E-state index in [9.17, 15) is 19.2 Å². The van der Waals surface area contributed by atoms with E-state index in [-0.39, 0.29) is 24.3 Å². The molecule has 31 heavy (non-hydrogen) atoms. The highest BCUT2D eigenvalue weighted by Crippen LogP contribution is 2.30. The summed E-state index contributed by atoms with van der Waals surface area (Å²) in [6.45, 7) is 0.142. The number of aromatic nitrogens is 2. The molecule has 0 unspecified atom stereocenters. The number of carbonyl (C=O) groups excluding carboxylic acids is 2. The average molecular weight is 436 g/mol. The molecule has 0 radical (unpaired) electrons. The van der Waals surface area contributed by atoms with Gasteiger partial charge in [-0.15, -0.1) is 11.8 Å². The summed E-state index contributed by atoms with van der Waals surface area (Å²) in [7, 11) is 0. The monoisotopic (exact) mass is 436 g/mol. The number of hydrogen-bond acceptors (Lipinski definition) is 5. The molecule has 0 saturated carbocycles. The average Bonchev–Trinajstić information content (AvgIpc) is 2.76. The molecule has 1 aliphatic rings. The van der Waals surface area contributed by atoms with Crippen LogP contribution < -0.4 is 21.9 Å². The first-order chi connectivity index (χ1) is 15.0. The fourth-order valence-corrected chi connectivity index (χ4v) is 4.05. The van der Waals surface area contributed by atoms with Gasteiger partial charge in [-0.1, -0.05) is 36.4 Å². The maximum Gasteiger partial charge on any atom is 0.330 e. The Morgan fingerprint density at radius 3 is 2.65 bits per heavy atom. The molecule has 0 bridgehead atoms. The lowest BCUT2D eigenvalue weighted by atomic mass is 9.92. The minimum absolute atomic E-state index is 0.0619. The smallest absolute Gasteiger partial charge is 0.326 e. The number of amides is 2. The van der Waals surface area contributed by atoms with E-state index in [0.717, 1.165) is 10.5 Å².